The van der Waals surface area contributed by atoms with Crippen molar-refractivity contribution in [3.05, 3.63) is 0 Å². The summed E-state index contributed by atoms with van der Waals surface area (Å²) in [6.45, 7) is 0. The first-order valence-electron chi connectivity index (χ1n) is 2.65. The molecule has 10 heavy (non-hydrogen) atoms. The Hall–Kier alpha value is -0.150. The molecule has 0 aromatic rings. The summed E-state index contributed by atoms with van der Waals surface area (Å²) in [5.41, 5.74) is -0.690. The lowest BCUT2D eigenvalue weighted by molar-refractivity contribution is 0.0614. The van der Waals surface area contributed by atoms with Crippen LogP contribution < -0.4 is 0 Å². The minimum absolute atomic E-state index is 0.352. The third kappa shape index (κ3) is 4.70. The monoisotopic (exact) mass is 186 g/mol. The number of halogens is 2. The fourth-order valence-electron chi connectivity index (χ4n) is 0.297. The van der Waals surface area contributed by atoms with Crippen LogP contribution in [0.2, 0.25) is 0 Å². The van der Waals surface area contributed by atoms with E-state index in [0.29, 0.717) is 12.3 Å². The molecule has 0 aliphatic carbocycles. The van der Waals surface area contributed by atoms with Gasteiger partial charge in [-0.05, 0) is 0 Å². The SMILES string of the molecule is COC(=O)OC(Cl)CCCl. The van der Waals surface area contributed by atoms with E-state index < -0.39 is 11.7 Å². The van der Waals surface area contributed by atoms with Crippen LogP contribution in [0.3, 0.4) is 0 Å². The van der Waals surface area contributed by atoms with Gasteiger partial charge in [0.2, 0.25) is 0 Å². The summed E-state index contributed by atoms with van der Waals surface area (Å²) in [5, 5.41) is 0. The summed E-state index contributed by atoms with van der Waals surface area (Å²) in [6, 6.07) is 0. The standard InChI is InChI=1S/C5H8Cl2O3/c1-9-5(8)10-4(7)2-3-6/h4H,2-3H2,1H3. The average Bonchev–Trinajstić information content (AvgIpc) is 1.88. The molecular formula is C5H8Cl2O3. The maximum Gasteiger partial charge on any atom is 0.509 e. The van der Waals surface area contributed by atoms with Crippen LogP contribution in [0.25, 0.3) is 0 Å². The van der Waals surface area contributed by atoms with Gasteiger partial charge in [0.1, 0.15) is 0 Å². The average molecular weight is 187 g/mol. The van der Waals surface area contributed by atoms with Crippen LogP contribution in [-0.4, -0.2) is 24.7 Å². The fraction of sp³-hybridized carbons (Fsp3) is 0.800. The van der Waals surface area contributed by atoms with Gasteiger partial charge in [-0.15, -0.1) is 11.6 Å². The smallest absolute Gasteiger partial charge is 0.438 e. The highest BCUT2D eigenvalue weighted by atomic mass is 35.5. The van der Waals surface area contributed by atoms with Crippen LogP contribution in [0, 0.1) is 0 Å². The highest BCUT2D eigenvalue weighted by molar-refractivity contribution is 6.21. The van der Waals surface area contributed by atoms with Gasteiger partial charge >= 0.3 is 6.16 Å². The van der Waals surface area contributed by atoms with Crippen LogP contribution >= 0.6 is 23.2 Å². The van der Waals surface area contributed by atoms with Gasteiger partial charge in [-0.2, -0.15) is 0 Å². The molecule has 60 valence electrons. The Kier molecular flexibility index (Phi) is 5.54. The number of hydrogen-bond acceptors (Lipinski definition) is 3. The Balaban J connectivity index is 3.37. The first-order chi connectivity index (χ1) is 4.70. The van der Waals surface area contributed by atoms with E-state index in [2.05, 4.69) is 9.47 Å². The van der Waals surface area contributed by atoms with Crippen LogP contribution in [0.4, 0.5) is 4.79 Å². The number of carbonyl (C=O) groups is 1. The first kappa shape index (κ1) is 9.85. The summed E-state index contributed by atoms with van der Waals surface area (Å²) in [7, 11) is 1.21. The van der Waals surface area contributed by atoms with Crippen LogP contribution in [0.15, 0.2) is 0 Å². The number of alkyl halides is 2. The van der Waals surface area contributed by atoms with Crippen molar-refractivity contribution >= 4 is 29.4 Å². The van der Waals surface area contributed by atoms with Gasteiger partial charge in [0, 0.05) is 12.3 Å². The zero-order valence-electron chi connectivity index (χ0n) is 5.47. The number of rotatable bonds is 3. The summed E-state index contributed by atoms with van der Waals surface area (Å²) < 4.78 is 8.64. The number of ether oxygens (including phenoxy) is 2. The van der Waals surface area contributed by atoms with E-state index in [-0.39, 0.29) is 0 Å². The molecule has 0 saturated heterocycles. The van der Waals surface area contributed by atoms with Crippen molar-refractivity contribution in [2.45, 2.75) is 12.0 Å². The zero-order chi connectivity index (χ0) is 7.98. The molecule has 0 aliphatic heterocycles. The van der Waals surface area contributed by atoms with E-state index in [9.17, 15) is 4.79 Å². The molecule has 0 heterocycles. The molecule has 0 radical (unpaired) electrons. The second-order valence-electron chi connectivity index (χ2n) is 1.46. The predicted octanol–water partition coefficient (Wildman–Crippen LogP) is 1.96. The molecule has 5 heteroatoms. The Morgan fingerprint density at radius 3 is 2.70 bits per heavy atom. The van der Waals surface area contributed by atoms with Crippen molar-refractivity contribution < 1.29 is 14.3 Å². The van der Waals surface area contributed by atoms with Crippen molar-refractivity contribution in [1.29, 1.82) is 0 Å². The maximum atomic E-state index is 10.3. The highest BCUT2D eigenvalue weighted by Crippen LogP contribution is 2.05. The Morgan fingerprint density at radius 2 is 2.30 bits per heavy atom. The second-order valence-corrected chi connectivity index (χ2v) is 2.32. The molecular weight excluding hydrogens is 179 g/mol. The van der Waals surface area contributed by atoms with Gasteiger partial charge in [-0.25, -0.2) is 4.79 Å². The maximum absolute atomic E-state index is 10.3. The van der Waals surface area contributed by atoms with Crippen molar-refractivity contribution in [2.75, 3.05) is 13.0 Å². The van der Waals surface area contributed by atoms with E-state index in [1.807, 2.05) is 0 Å². The fourth-order valence-corrected chi connectivity index (χ4v) is 0.789. The van der Waals surface area contributed by atoms with Crippen LogP contribution in [0.1, 0.15) is 6.42 Å². The van der Waals surface area contributed by atoms with Crippen molar-refractivity contribution in [1.82, 2.24) is 0 Å². The van der Waals surface area contributed by atoms with Crippen molar-refractivity contribution in [2.24, 2.45) is 0 Å². The first-order valence-corrected chi connectivity index (χ1v) is 3.62. The van der Waals surface area contributed by atoms with E-state index in [1.54, 1.807) is 0 Å². The molecule has 0 bridgehead atoms. The van der Waals surface area contributed by atoms with Crippen molar-refractivity contribution in [3.8, 4) is 0 Å². The highest BCUT2D eigenvalue weighted by Gasteiger charge is 2.09. The Morgan fingerprint density at radius 1 is 1.70 bits per heavy atom. The Bertz CT molecular complexity index is 107. The molecule has 0 aromatic carbocycles. The quantitative estimate of drug-likeness (QED) is 0.500. The molecule has 0 aromatic heterocycles. The summed E-state index contributed by atoms with van der Waals surface area (Å²) in [5.74, 6) is 0.352. The van der Waals surface area contributed by atoms with Gasteiger partial charge in [0.05, 0.1) is 7.11 Å². The molecule has 0 N–H and O–H groups in total. The van der Waals surface area contributed by atoms with Gasteiger partial charge in [0.25, 0.3) is 0 Å². The molecule has 0 rings (SSSR count). The van der Waals surface area contributed by atoms with Crippen LogP contribution in [-0.2, 0) is 9.47 Å². The lowest BCUT2D eigenvalue weighted by Gasteiger charge is -2.06. The molecule has 0 spiro atoms. The molecule has 0 aliphatic rings. The van der Waals surface area contributed by atoms with E-state index in [1.165, 1.54) is 7.11 Å². The zero-order valence-corrected chi connectivity index (χ0v) is 6.98. The third-order valence-corrected chi connectivity index (χ3v) is 1.25. The summed E-state index contributed by atoms with van der Waals surface area (Å²) in [4.78, 5) is 10.3. The molecule has 1 unspecified atom stereocenters. The third-order valence-electron chi connectivity index (χ3n) is 0.727. The van der Waals surface area contributed by atoms with E-state index >= 15 is 0 Å². The molecule has 0 fully saturated rings. The molecule has 3 nitrogen and oxygen atoms in total. The van der Waals surface area contributed by atoms with Gasteiger partial charge in [-0.1, -0.05) is 11.6 Å². The minimum Gasteiger partial charge on any atom is -0.438 e. The second kappa shape index (κ2) is 5.62. The lowest BCUT2D eigenvalue weighted by atomic mass is 10.5. The van der Waals surface area contributed by atoms with Gasteiger partial charge in [-0.3, -0.25) is 0 Å². The van der Waals surface area contributed by atoms with Crippen LogP contribution in [0.5, 0.6) is 0 Å². The normalized spacial score (nSPS) is 12.3. The van der Waals surface area contributed by atoms with Gasteiger partial charge in [0.15, 0.2) is 5.56 Å². The topological polar surface area (TPSA) is 35.5 Å². The number of methoxy groups -OCH3 is 1. The summed E-state index contributed by atoms with van der Waals surface area (Å²) >= 11 is 10.8. The predicted molar refractivity (Wildman–Crippen MR) is 38.5 cm³/mol. The summed E-state index contributed by atoms with van der Waals surface area (Å²) in [6.07, 6.45) is -0.372. The van der Waals surface area contributed by atoms with E-state index in [0.717, 1.165) is 0 Å². The van der Waals surface area contributed by atoms with E-state index in [4.69, 9.17) is 23.2 Å². The van der Waals surface area contributed by atoms with Crippen molar-refractivity contribution in [3.63, 3.8) is 0 Å². The number of carbonyl (C=O) groups excluding carboxylic acids is 1. The Labute approximate surface area is 69.2 Å². The largest absolute Gasteiger partial charge is 0.509 e. The molecule has 0 saturated carbocycles. The van der Waals surface area contributed by atoms with Gasteiger partial charge < -0.3 is 9.47 Å². The minimum atomic E-state index is -0.787. The number of hydrogen-bond donors (Lipinski definition) is 0. The lowest BCUT2D eigenvalue weighted by Crippen LogP contribution is -2.12. The molecule has 1 atom stereocenters. The molecule has 0 amide bonds.